The van der Waals surface area contributed by atoms with Gasteiger partial charge in [-0.05, 0) is 227 Å². The number of fused-ring (bicyclic) bond motifs is 15. The number of aromatic nitrogens is 3. The summed E-state index contributed by atoms with van der Waals surface area (Å²) in [4.78, 5) is 36.7. The molecule has 3 aromatic rings. The van der Waals surface area contributed by atoms with Crippen LogP contribution in [0.4, 0.5) is 0 Å². The predicted molar refractivity (Wildman–Crippen MR) is 390 cm³/mol. The Balaban J connectivity index is 0.000000111. The van der Waals surface area contributed by atoms with Gasteiger partial charge in [0.05, 0.1) is 49.3 Å². The molecule has 1 aliphatic heterocycles. The number of ketones is 1. The number of rotatable bonds is 6. The lowest BCUT2D eigenvalue weighted by Crippen LogP contribution is -2.63. The number of Topliss-reactive ketones (excluding diaryl/α,β-unsaturated/α-hetero) is 1. The summed E-state index contributed by atoms with van der Waals surface area (Å²) < 4.78 is 29.2. The van der Waals surface area contributed by atoms with Gasteiger partial charge in [0.2, 0.25) is 0 Å². The average molecular weight is 1420 g/mol. The molecular weight excluding hydrogens is 1290 g/mol. The largest absolute Gasteiger partial charge is 0.515 e. The summed E-state index contributed by atoms with van der Waals surface area (Å²) in [5, 5.41) is 64.2. The van der Waals surface area contributed by atoms with Crippen LogP contribution in [-0.2, 0) is 62.4 Å². The van der Waals surface area contributed by atoms with Crippen molar-refractivity contribution in [2.45, 2.75) is 274 Å². The monoisotopic (exact) mass is 1420 g/mol. The van der Waals surface area contributed by atoms with Gasteiger partial charge in [-0.2, -0.15) is 0 Å². The Morgan fingerprint density at radius 2 is 1.03 bits per heavy atom. The summed E-state index contributed by atoms with van der Waals surface area (Å²) in [6, 6.07) is 0. The van der Waals surface area contributed by atoms with Crippen molar-refractivity contribution in [1.29, 1.82) is 0 Å². The van der Waals surface area contributed by atoms with Crippen LogP contribution in [0.15, 0.2) is 89.6 Å². The average Bonchev–Trinajstić information content (AvgIpc) is 1.64. The summed E-state index contributed by atoms with van der Waals surface area (Å²) >= 11 is 0. The van der Waals surface area contributed by atoms with Crippen LogP contribution in [0.3, 0.4) is 0 Å². The fraction of sp³-hybridized carbons (Fsp3) is 0.747. The van der Waals surface area contributed by atoms with E-state index in [1.807, 2.05) is 26.2 Å². The van der Waals surface area contributed by atoms with E-state index in [9.17, 15) is 39.9 Å². The molecular formula is C87H121N3O13. The zero-order valence-electron chi connectivity index (χ0n) is 64.2. The summed E-state index contributed by atoms with van der Waals surface area (Å²) in [7, 11) is 0. The first-order chi connectivity index (χ1) is 48.7. The van der Waals surface area contributed by atoms with Crippen LogP contribution < -0.4 is 0 Å². The van der Waals surface area contributed by atoms with E-state index < -0.39 is 18.0 Å². The van der Waals surface area contributed by atoms with Crippen LogP contribution in [-0.4, -0.2) is 103 Å². The number of aliphatic hydroxyl groups is 5. The van der Waals surface area contributed by atoms with Crippen LogP contribution in [0.25, 0.3) is 0 Å². The molecule has 0 aromatic carbocycles. The Morgan fingerprint density at radius 1 is 0.505 bits per heavy atom. The number of aliphatic hydroxyl groups excluding tert-OH is 5. The fourth-order valence-electron chi connectivity index (χ4n) is 26.9. The molecule has 15 aliphatic rings. The number of aldehydes is 2. The SMILES string of the molecule is C=C1CC[C@H]2C3[C@H]4OC(C)(C)O[C@@H]4[C@H]4CC(=O)C(=CO)C[C@]4(C)[C@H]3CC[C@]12C.CC1(C)CCC2=C1CC[C@H]([C@@]1(C)Cc3cnoc3C[C@@H]1C=O)[C@H]2C=O.CC1(C)CCC2=C1CC[C@H]([C@@]1(C)Cc3cnoc3C[C@@H]1CO)[C@H]2CO.CC1(C)CCC2=C1CC[C@H]1C2[C@@H](O)[C@H](O)[C@H]2Cc3oncc3C[C@@]21C. The second kappa shape index (κ2) is 26.1. The third kappa shape index (κ3) is 11.5. The third-order valence-corrected chi connectivity index (χ3v) is 33.0. The maximum absolute atomic E-state index is 12.7. The van der Waals surface area contributed by atoms with Crippen LogP contribution in [0.2, 0.25) is 0 Å². The molecule has 2 unspecified atom stereocenters. The fourth-order valence-corrected chi connectivity index (χ4v) is 26.9. The Morgan fingerprint density at radius 3 is 1.63 bits per heavy atom. The van der Waals surface area contributed by atoms with Gasteiger partial charge in [0.25, 0.3) is 0 Å². The minimum absolute atomic E-state index is 0.00707. The number of ether oxygens (including phenoxy) is 2. The standard InChI is InChI=1S/C24H34O4.C21H29NO3.C21H31NO3.C21H27NO3/c1-13-6-7-15-19-16(8-9-23(13,15)4)24(5)11-14(12-25)18(26)10-17(24)20-21(19)28-22(2,3)27-20;1-20(2)7-6-12-13(20)4-5-14-17(12)19(24)18(23)15-8-16-11(10-22-25-16)9-21(14,15)3;2*1-20(2)7-6-15-16(12-24)18(5-4-17(15)20)21(3)9-13-10-22-25-19(13)8-14(21)11-23/h12,15-17,19-21,25H,1,6-11H2,2-5H3;10,14-15,17-19,23-24H,4-9H2,1-3H3;10,14,16,18,23-24H,4-9,11-12H2,1-3H3;10-12,14,16,18H,4-9H2,1-3H3/t15-,16-,17+,19?,20+,21+,23+,24+;14-,15+,17?,18+,19+,21+;2*14-,16+,18+,21+/m0011/s1. The first-order valence-corrected chi connectivity index (χ1v) is 40.1. The molecule has 0 spiro atoms. The third-order valence-electron chi connectivity index (χ3n) is 33.0. The lowest BCUT2D eigenvalue weighted by atomic mass is 9.43. The number of hydrogen-bond acceptors (Lipinski definition) is 16. The van der Waals surface area contributed by atoms with Gasteiger partial charge in [0.1, 0.15) is 29.9 Å². The van der Waals surface area contributed by atoms with E-state index in [0.717, 1.165) is 144 Å². The molecule has 0 bridgehead atoms. The van der Waals surface area contributed by atoms with E-state index in [2.05, 4.69) is 98.2 Å². The highest BCUT2D eigenvalue weighted by Crippen LogP contribution is 2.71. The van der Waals surface area contributed by atoms with E-state index >= 15 is 0 Å². The minimum atomic E-state index is -0.680. The second-order valence-corrected chi connectivity index (χ2v) is 39.3. The molecule has 0 radical (unpaired) electrons. The number of nitrogens with zero attached hydrogens (tertiary/aromatic N) is 3. The van der Waals surface area contributed by atoms with Crippen molar-refractivity contribution in [3.63, 3.8) is 0 Å². The normalized spacial score (nSPS) is 43.3. The summed E-state index contributed by atoms with van der Waals surface area (Å²) in [6.45, 7) is 34.5. The smallest absolute Gasteiger partial charge is 0.163 e. The van der Waals surface area contributed by atoms with Gasteiger partial charge in [-0.25, -0.2) is 0 Å². The highest BCUT2D eigenvalue weighted by Gasteiger charge is 2.69. The number of carbonyl (C=O) groups is 3. The Labute approximate surface area is 611 Å². The van der Waals surface area contributed by atoms with E-state index in [1.165, 1.54) is 64.7 Å². The molecule has 5 N–H and O–H groups in total. The van der Waals surface area contributed by atoms with E-state index in [1.54, 1.807) is 17.3 Å². The Kier molecular flexibility index (Phi) is 18.6. The van der Waals surface area contributed by atoms with Crippen LogP contribution in [0.5, 0.6) is 0 Å². The molecule has 18 rings (SSSR count). The Bertz CT molecular complexity index is 3940. The number of hydrogen-bond donors (Lipinski definition) is 5. The molecule has 14 aliphatic carbocycles. The summed E-state index contributed by atoms with van der Waals surface area (Å²) in [5.74, 6) is 5.31. The topological polar surface area (TPSA) is 249 Å². The van der Waals surface area contributed by atoms with Crippen molar-refractivity contribution in [2.75, 3.05) is 13.2 Å². The molecule has 3 aromatic heterocycles. The maximum atomic E-state index is 12.7. The van der Waals surface area contributed by atoms with Crippen molar-refractivity contribution in [1.82, 2.24) is 15.5 Å². The van der Waals surface area contributed by atoms with Crippen LogP contribution in [0.1, 0.15) is 240 Å². The molecule has 22 atom stereocenters. The van der Waals surface area contributed by atoms with Crippen molar-refractivity contribution in [2.24, 2.45) is 120 Å². The second-order valence-electron chi connectivity index (χ2n) is 39.3. The van der Waals surface area contributed by atoms with Gasteiger partial charge in [-0.15, -0.1) is 0 Å². The molecule has 562 valence electrons. The number of allylic oxidation sites excluding steroid dienone is 6. The molecule has 5 saturated carbocycles. The zero-order valence-corrected chi connectivity index (χ0v) is 64.2. The van der Waals surface area contributed by atoms with Crippen molar-refractivity contribution >= 4 is 18.4 Å². The highest BCUT2D eigenvalue weighted by molar-refractivity contribution is 5.96. The lowest BCUT2D eigenvalue weighted by Gasteiger charge is -2.62. The molecule has 103 heavy (non-hydrogen) atoms. The maximum Gasteiger partial charge on any atom is 0.163 e. The van der Waals surface area contributed by atoms with Gasteiger partial charge in [0, 0.05) is 96.7 Å². The van der Waals surface area contributed by atoms with Gasteiger partial charge in [0.15, 0.2) is 11.6 Å². The van der Waals surface area contributed by atoms with Crippen molar-refractivity contribution < 1.29 is 63.0 Å². The van der Waals surface area contributed by atoms with Gasteiger partial charge >= 0.3 is 0 Å². The molecule has 1 saturated heterocycles. The van der Waals surface area contributed by atoms with Crippen molar-refractivity contribution in [3.05, 3.63) is 110 Å². The van der Waals surface area contributed by atoms with Gasteiger partial charge in [-0.3, -0.25) is 4.79 Å². The first kappa shape index (κ1) is 73.4. The summed E-state index contributed by atoms with van der Waals surface area (Å²) in [5.41, 5.74) is 15.3. The van der Waals surface area contributed by atoms with Crippen molar-refractivity contribution in [3.8, 4) is 0 Å². The molecule has 0 amide bonds. The Hall–Kier alpha value is -5.10. The molecule has 16 nitrogen and oxygen atoms in total. The number of carbonyl (C=O) groups excluding carboxylic acids is 3. The summed E-state index contributed by atoms with van der Waals surface area (Å²) in [6.07, 6.45) is 31.2. The van der Waals surface area contributed by atoms with Gasteiger partial charge < -0.3 is 58.2 Å². The first-order valence-electron chi connectivity index (χ1n) is 40.1. The lowest BCUT2D eigenvalue weighted by molar-refractivity contribution is -0.169. The van der Waals surface area contributed by atoms with Gasteiger partial charge in [-0.1, -0.05) is 137 Å². The predicted octanol–water partition coefficient (Wildman–Crippen LogP) is 15.7. The minimum Gasteiger partial charge on any atom is -0.515 e. The van der Waals surface area contributed by atoms with Crippen LogP contribution >= 0.6 is 0 Å². The quantitative estimate of drug-likeness (QED) is 0.0666. The van der Waals surface area contributed by atoms with E-state index in [0.29, 0.717) is 66.3 Å². The van der Waals surface area contributed by atoms with E-state index in [-0.39, 0.29) is 116 Å². The molecule has 4 heterocycles. The molecule has 6 fully saturated rings. The van der Waals surface area contributed by atoms with E-state index in [4.69, 9.17) is 23.0 Å². The molecule has 16 heteroatoms. The van der Waals surface area contributed by atoms with Crippen LogP contribution in [0, 0.1) is 120 Å². The highest BCUT2D eigenvalue weighted by atomic mass is 16.8. The zero-order chi connectivity index (χ0) is 73.3.